The molecule has 1 saturated heterocycles. The number of hydrogen-bond acceptors (Lipinski definition) is 2. The quantitative estimate of drug-likeness (QED) is 0.838. The van der Waals surface area contributed by atoms with Crippen molar-refractivity contribution in [3.63, 3.8) is 0 Å². The number of likely N-dealkylation sites (tertiary alicyclic amines) is 1. The molecule has 1 aliphatic carbocycles. The number of hydrogen-bond donors (Lipinski definition) is 2. The second-order valence-electron chi connectivity index (χ2n) is 7.22. The standard InChI is InChI=1S/C16H28N2O3/c1-4-8-16(13(19)20)10-6-11-18(16)14(21)17-12-7-5-9-15(12,2)3/h12H,4-11H2,1-3H3,(H,17,21)(H,19,20). The minimum Gasteiger partial charge on any atom is -0.479 e. The highest BCUT2D eigenvalue weighted by Gasteiger charge is 2.50. The largest absolute Gasteiger partial charge is 0.479 e. The van der Waals surface area contributed by atoms with Crippen LogP contribution < -0.4 is 5.32 Å². The number of aliphatic carboxylic acids is 1. The van der Waals surface area contributed by atoms with Crippen LogP contribution in [0.25, 0.3) is 0 Å². The second-order valence-corrected chi connectivity index (χ2v) is 7.22. The van der Waals surface area contributed by atoms with Crippen LogP contribution in [0.2, 0.25) is 0 Å². The number of carbonyl (C=O) groups is 2. The van der Waals surface area contributed by atoms with Crippen molar-refractivity contribution in [3.05, 3.63) is 0 Å². The third-order valence-corrected chi connectivity index (χ3v) is 5.35. The van der Waals surface area contributed by atoms with E-state index in [0.29, 0.717) is 19.4 Å². The van der Waals surface area contributed by atoms with Gasteiger partial charge in [-0.05, 0) is 37.5 Å². The lowest BCUT2D eigenvalue weighted by molar-refractivity contribution is -0.148. The zero-order chi connectivity index (χ0) is 15.7. The number of rotatable bonds is 4. The molecule has 1 aliphatic heterocycles. The van der Waals surface area contributed by atoms with Crippen molar-refractivity contribution in [1.82, 2.24) is 10.2 Å². The molecule has 0 bridgehead atoms. The monoisotopic (exact) mass is 296 g/mol. The van der Waals surface area contributed by atoms with E-state index in [1.54, 1.807) is 4.90 Å². The molecule has 2 aliphatic rings. The van der Waals surface area contributed by atoms with Gasteiger partial charge in [0.1, 0.15) is 5.54 Å². The molecular formula is C16H28N2O3. The molecule has 21 heavy (non-hydrogen) atoms. The molecule has 0 radical (unpaired) electrons. The Morgan fingerprint density at radius 1 is 1.29 bits per heavy atom. The molecular weight excluding hydrogens is 268 g/mol. The summed E-state index contributed by atoms with van der Waals surface area (Å²) < 4.78 is 0. The van der Waals surface area contributed by atoms with E-state index in [1.165, 1.54) is 0 Å². The zero-order valence-corrected chi connectivity index (χ0v) is 13.4. The highest BCUT2D eigenvalue weighted by Crippen LogP contribution is 2.38. The Kier molecular flexibility index (Phi) is 4.49. The van der Waals surface area contributed by atoms with Gasteiger partial charge in [0, 0.05) is 12.6 Å². The fourth-order valence-electron chi connectivity index (χ4n) is 4.00. The van der Waals surface area contributed by atoms with E-state index in [-0.39, 0.29) is 17.5 Å². The van der Waals surface area contributed by atoms with Crippen molar-refractivity contribution in [1.29, 1.82) is 0 Å². The third-order valence-electron chi connectivity index (χ3n) is 5.35. The molecule has 2 N–H and O–H groups in total. The first-order valence-corrected chi connectivity index (χ1v) is 8.15. The normalized spacial score (nSPS) is 31.4. The maximum absolute atomic E-state index is 12.6. The Bertz CT molecular complexity index is 422. The third kappa shape index (κ3) is 2.87. The Labute approximate surface area is 127 Å². The highest BCUT2D eigenvalue weighted by molar-refractivity contribution is 5.87. The maximum atomic E-state index is 12.6. The molecule has 0 aromatic rings. The summed E-state index contributed by atoms with van der Waals surface area (Å²) >= 11 is 0. The Morgan fingerprint density at radius 2 is 2.00 bits per heavy atom. The molecule has 2 rings (SSSR count). The van der Waals surface area contributed by atoms with Crippen LogP contribution in [-0.4, -0.2) is 40.1 Å². The summed E-state index contributed by atoms with van der Waals surface area (Å²) in [5.74, 6) is -0.859. The van der Waals surface area contributed by atoms with Crippen molar-refractivity contribution in [2.24, 2.45) is 5.41 Å². The molecule has 0 spiro atoms. The Balaban J connectivity index is 2.12. The van der Waals surface area contributed by atoms with Crippen LogP contribution in [0, 0.1) is 5.41 Å². The van der Waals surface area contributed by atoms with Crippen LogP contribution in [0.1, 0.15) is 65.7 Å². The smallest absolute Gasteiger partial charge is 0.329 e. The summed E-state index contributed by atoms with van der Waals surface area (Å²) in [4.78, 5) is 26.0. The molecule has 2 atom stereocenters. The van der Waals surface area contributed by atoms with Gasteiger partial charge in [-0.15, -0.1) is 0 Å². The van der Waals surface area contributed by atoms with Gasteiger partial charge in [-0.25, -0.2) is 9.59 Å². The van der Waals surface area contributed by atoms with Gasteiger partial charge < -0.3 is 15.3 Å². The summed E-state index contributed by atoms with van der Waals surface area (Å²) in [6.07, 6.45) is 5.86. The SMILES string of the molecule is CCCC1(C(=O)O)CCCN1C(=O)NC1CCCC1(C)C. The van der Waals surface area contributed by atoms with Gasteiger partial charge in [0.05, 0.1) is 0 Å². The van der Waals surface area contributed by atoms with Crippen molar-refractivity contribution in [2.75, 3.05) is 6.54 Å². The predicted octanol–water partition coefficient (Wildman–Crippen LogP) is 2.99. The van der Waals surface area contributed by atoms with E-state index in [4.69, 9.17) is 0 Å². The fourth-order valence-corrected chi connectivity index (χ4v) is 4.00. The Morgan fingerprint density at radius 3 is 2.52 bits per heavy atom. The van der Waals surface area contributed by atoms with Crippen molar-refractivity contribution >= 4 is 12.0 Å². The molecule has 0 aromatic carbocycles. The minimum atomic E-state index is -0.998. The van der Waals surface area contributed by atoms with Gasteiger partial charge in [0.25, 0.3) is 0 Å². The number of nitrogens with one attached hydrogen (secondary N) is 1. The van der Waals surface area contributed by atoms with Crippen LogP contribution in [0.15, 0.2) is 0 Å². The summed E-state index contributed by atoms with van der Waals surface area (Å²) in [7, 11) is 0. The van der Waals surface area contributed by atoms with Gasteiger partial charge >= 0.3 is 12.0 Å². The van der Waals surface area contributed by atoms with E-state index in [0.717, 1.165) is 32.1 Å². The van der Waals surface area contributed by atoms with Crippen LogP contribution in [0.3, 0.4) is 0 Å². The predicted molar refractivity (Wildman–Crippen MR) is 81.2 cm³/mol. The fraction of sp³-hybridized carbons (Fsp3) is 0.875. The van der Waals surface area contributed by atoms with Crippen molar-refractivity contribution in [3.8, 4) is 0 Å². The van der Waals surface area contributed by atoms with E-state index in [2.05, 4.69) is 19.2 Å². The summed E-state index contributed by atoms with van der Waals surface area (Å²) in [5, 5.41) is 12.8. The van der Waals surface area contributed by atoms with Gasteiger partial charge in [-0.3, -0.25) is 0 Å². The maximum Gasteiger partial charge on any atom is 0.329 e. The number of carboxylic acids is 1. The molecule has 2 amide bonds. The van der Waals surface area contributed by atoms with Gasteiger partial charge in [0.2, 0.25) is 0 Å². The molecule has 2 unspecified atom stereocenters. The topological polar surface area (TPSA) is 69.6 Å². The van der Waals surface area contributed by atoms with Crippen LogP contribution in [0.4, 0.5) is 4.79 Å². The van der Waals surface area contributed by atoms with Crippen molar-refractivity contribution in [2.45, 2.75) is 77.3 Å². The van der Waals surface area contributed by atoms with Crippen molar-refractivity contribution < 1.29 is 14.7 Å². The first-order valence-electron chi connectivity index (χ1n) is 8.15. The first kappa shape index (κ1) is 16.1. The zero-order valence-electron chi connectivity index (χ0n) is 13.4. The van der Waals surface area contributed by atoms with E-state index in [9.17, 15) is 14.7 Å². The van der Waals surface area contributed by atoms with Crippen LogP contribution in [0.5, 0.6) is 0 Å². The number of amides is 2. The molecule has 0 aromatic heterocycles. The molecule has 1 saturated carbocycles. The number of nitrogens with zero attached hydrogens (tertiary/aromatic N) is 1. The van der Waals surface area contributed by atoms with Crippen LogP contribution in [-0.2, 0) is 4.79 Å². The van der Waals surface area contributed by atoms with E-state index < -0.39 is 11.5 Å². The van der Waals surface area contributed by atoms with E-state index in [1.807, 2.05) is 6.92 Å². The lowest BCUT2D eigenvalue weighted by atomic mass is 9.87. The lowest BCUT2D eigenvalue weighted by Crippen LogP contribution is -2.58. The molecule has 2 fully saturated rings. The average molecular weight is 296 g/mol. The van der Waals surface area contributed by atoms with E-state index >= 15 is 0 Å². The lowest BCUT2D eigenvalue weighted by Gasteiger charge is -2.37. The summed E-state index contributed by atoms with van der Waals surface area (Å²) in [6.45, 7) is 6.86. The van der Waals surface area contributed by atoms with Gasteiger partial charge in [0.15, 0.2) is 0 Å². The average Bonchev–Trinajstić information content (AvgIpc) is 2.95. The molecule has 120 valence electrons. The van der Waals surface area contributed by atoms with Gasteiger partial charge in [-0.1, -0.05) is 33.6 Å². The first-order chi connectivity index (χ1) is 9.83. The highest BCUT2D eigenvalue weighted by atomic mass is 16.4. The number of carbonyl (C=O) groups excluding carboxylic acids is 1. The summed E-state index contributed by atoms with van der Waals surface area (Å²) in [6, 6.07) is -0.0398. The molecule has 5 heteroatoms. The summed E-state index contributed by atoms with van der Waals surface area (Å²) in [5.41, 5.74) is -0.895. The van der Waals surface area contributed by atoms with Crippen LogP contribution >= 0.6 is 0 Å². The number of urea groups is 1. The second kappa shape index (κ2) is 5.85. The number of carboxylic acid groups (broad SMARTS) is 1. The minimum absolute atomic E-state index is 0.103. The Hall–Kier alpha value is -1.26. The van der Waals surface area contributed by atoms with Gasteiger partial charge in [-0.2, -0.15) is 0 Å². The molecule has 5 nitrogen and oxygen atoms in total. The molecule has 1 heterocycles.